The number of fused-ring (bicyclic) bond motifs is 1. The van der Waals surface area contributed by atoms with Crippen molar-refractivity contribution in [2.24, 2.45) is 0 Å². The molecule has 5 nitrogen and oxygen atoms in total. The predicted molar refractivity (Wildman–Crippen MR) is 84.8 cm³/mol. The van der Waals surface area contributed by atoms with Gasteiger partial charge in [0.25, 0.3) is 0 Å². The number of rotatable bonds is 6. The smallest absolute Gasteiger partial charge is 0.135 e. The van der Waals surface area contributed by atoms with Crippen LogP contribution in [0.2, 0.25) is 0 Å². The van der Waals surface area contributed by atoms with E-state index in [0.717, 1.165) is 35.3 Å². The molecule has 2 aromatic carbocycles. The maximum absolute atomic E-state index is 5.39. The second kappa shape index (κ2) is 6.58. The van der Waals surface area contributed by atoms with E-state index in [1.165, 1.54) is 5.56 Å². The molecule has 0 radical (unpaired) electrons. The molecule has 0 amide bonds. The molecule has 5 heteroatoms. The molecular weight excluding hydrogens is 278 g/mol. The topological polar surface area (TPSA) is 60.2 Å². The van der Waals surface area contributed by atoms with E-state index in [1.807, 2.05) is 36.4 Å². The summed E-state index contributed by atoms with van der Waals surface area (Å²) in [6.07, 6.45) is 0.914. The van der Waals surface area contributed by atoms with Crippen LogP contribution in [-0.4, -0.2) is 23.5 Å². The normalized spacial score (nSPS) is 12.5. The molecule has 3 aromatic rings. The van der Waals surface area contributed by atoms with Crippen molar-refractivity contribution in [1.82, 2.24) is 15.6 Å². The van der Waals surface area contributed by atoms with Gasteiger partial charge in [0.2, 0.25) is 0 Å². The highest BCUT2D eigenvalue weighted by molar-refractivity contribution is 5.73. The Kier molecular flexibility index (Phi) is 4.34. The van der Waals surface area contributed by atoms with Gasteiger partial charge in [-0.15, -0.1) is 0 Å². The van der Waals surface area contributed by atoms with Crippen molar-refractivity contribution < 1.29 is 9.37 Å². The molecule has 0 saturated heterocycles. The van der Waals surface area contributed by atoms with Crippen LogP contribution < -0.4 is 10.1 Å². The second-order valence-corrected chi connectivity index (χ2v) is 5.39. The van der Waals surface area contributed by atoms with E-state index in [-0.39, 0.29) is 0 Å². The molecule has 1 atom stereocenters. The number of nitrogens with one attached hydrogen (secondary N) is 1. The standard InChI is InChI=1S/C17H19N3O2/c1-12(9-14-5-3-4-6-17(14)21-2)18-11-13-7-8-15-16(10-13)20-22-19-15/h3-8,10,12,18H,9,11H2,1-2H3/t12-/m0/s1. The van der Waals surface area contributed by atoms with Crippen LogP contribution in [0.5, 0.6) is 5.75 Å². The molecule has 0 fully saturated rings. The average Bonchev–Trinajstić information content (AvgIpc) is 3.01. The van der Waals surface area contributed by atoms with Crippen molar-refractivity contribution >= 4 is 11.0 Å². The summed E-state index contributed by atoms with van der Waals surface area (Å²) < 4.78 is 10.1. The highest BCUT2D eigenvalue weighted by Crippen LogP contribution is 2.19. The molecule has 1 heterocycles. The van der Waals surface area contributed by atoms with Gasteiger partial charge in [0, 0.05) is 12.6 Å². The van der Waals surface area contributed by atoms with Crippen molar-refractivity contribution in [2.45, 2.75) is 25.9 Å². The minimum absolute atomic E-state index is 0.336. The van der Waals surface area contributed by atoms with Gasteiger partial charge < -0.3 is 10.1 Å². The van der Waals surface area contributed by atoms with E-state index in [2.05, 4.69) is 28.6 Å². The quantitative estimate of drug-likeness (QED) is 0.758. The molecule has 114 valence electrons. The summed E-state index contributed by atoms with van der Waals surface area (Å²) in [4.78, 5) is 0. The van der Waals surface area contributed by atoms with Gasteiger partial charge >= 0.3 is 0 Å². The van der Waals surface area contributed by atoms with Gasteiger partial charge in [-0.25, -0.2) is 4.63 Å². The first kappa shape index (κ1) is 14.5. The van der Waals surface area contributed by atoms with E-state index in [0.29, 0.717) is 6.04 Å². The molecule has 1 N–H and O–H groups in total. The number of aromatic nitrogens is 2. The van der Waals surface area contributed by atoms with Crippen LogP contribution in [0.15, 0.2) is 47.1 Å². The molecule has 0 unspecified atom stereocenters. The zero-order valence-corrected chi connectivity index (χ0v) is 12.7. The van der Waals surface area contributed by atoms with Crippen molar-refractivity contribution in [3.8, 4) is 5.75 Å². The highest BCUT2D eigenvalue weighted by Gasteiger charge is 2.08. The summed E-state index contributed by atoms with van der Waals surface area (Å²) in [5, 5.41) is 11.2. The van der Waals surface area contributed by atoms with Crippen LogP contribution in [0.4, 0.5) is 0 Å². The first-order valence-electron chi connectivity index (χ1n) is 7.33. The molecular formula is C17H19N3O2. The lowest BCUT2D eigenvalue weighted by molar-refractivity contribution is 0.315. The maximum Gasteiger partial charge on any atom is 0.135 e. The van der Waals surface area contributed by atoms with Gasteiger partial charge in [0.1, 0.15) is 16.8 Å². The summed E-state index contributed by atoms with van der Waals surface area (Å²) in [6.45, 7) is 2.95. The lowest BCUT2D eigenvalue weighted by Gasteiger charge is -2.16. The SMILES string of the molecule is COc1ccccc1C[C@H](C)NCc1ccc2nonc2c1. The van der Waals surface area contributed by atoms with Gasteiger partial charge in [-0.3, -0.25) is 0 Å². The van der Waals surface area contributed by atoms with Gasteiger partial charge in [-0.1, -0.05) is 24.3 Å². The molecule has 0 aliphatic carbocycles. The summed E-state index contributed by atoms with van der Waals surface area (Å²) in [6, 6.07) is 14.4. The third-order valence-corrected chi connectivity index (χ3v) is 3.69. The van der Waals surface area contributed by atoms with Gasteiger partial charge in [0.15, 0.2) is 0 Å². The molecule has 0 aliphatic rings. The fourth-order valence-electron chi connectivity index (χ4n) is 2.50. The fraction of sp³-hybridized carbons (Fsp3) is 0.294. The molecule has 22 heavy (non-hydrogen) atoms. The second-order valence-electron chi connectivity index (χ2n) is 5.39. The van der Waals surface area contributed by atoms with Gasteiger partial charge in [0.05, 0.1) is 7.11 Å². The van der Waals surface area contributed by atoms with Crippen molar-refractivity contribution in [3.63, 3.8) is 0 Å². The first-order chi connectivity index (χ1) is 10.8. The predicted octanol–water partition coefficient (Wildman–Crippen LogP) is 2.95. The number of hydrogen-bond acceptors (Lipinski definition) is 5. The molecule has 0 bridgehead atoms. The zero-order valence-electron chi connectivity index (χ0n) is 12.7. The maximum atomic E-state index is 5.39. The fourth-order valence-corrected chi connectivity index (χ4v) is 2.50. The van der Waals surface area contributed by atoms with Gasteiger partial charge in [-0.2, -0.15) is 0 Å². The Balaban J connectivity index is 1.60. The summed E-state index contributed by atoms with van der Waals surface area (Å²) >= 11 is 0. The Bertz CT molecular complexity index is 754. The van der Waals surface area contributed by atoms with Gasteiger partial charge in [-0.05, 0) is 53.0 Å². The lowest BCUT2D eigenvalue weighted by Crippen LogP contribution is -2.27. The molecule has 0 saturated carbocycles. The number of nitrogens with zero attached hydrogens (tertiary/aromatic N) is 2. The number of hydrogen-bond donors (Lipinski definition) is 1. The van der Waals surface area contributed by atoms with E-state index >= 15 is 0 Å². The third-order valence-electron chi connectivity index (χ3n) is 3.69. The van der Waals surface area contributed by atoms with Crippen LogP contribution in [-0.2, 0) is 13.0 Å². The van der Waals surface area contributed by atoms with Crippen LogP contribution >= 0.6 is 0 Å². The number of methoxy groups -OCH3 is 1. The monoisotopic (exact) mass is 297 g/mol. The minimum atomic E-state index is 0.336. The minimum Gasteiger partial charge on any atom is -0.496 e. The zero-order chi connectivity index (χ0) is 15.4. The lowest BCUT2D eigenvalue weighted by atomic mass is 10.1. The van der Waals surface area contributed by atoms with E-state index in [1.54, 1.807) is 7.11 Å². The molecule has 1 aromatic heterocycles. The Hall–Kier alpha value is -2.40. The van der Waals surface area contributed by atoms with Crippen molar-refractivity contribution in [3.05, 3.63) is 53.6 Å². The van der Waals surface area contributed by atoms with Crippen LogP contribution in [0.25, 0.3) is 11.0 Å². The summed E-state index contributed by atoms with van der Waals surface area (Å²) in [5.41, 5.74) is 3.94. The number of benzene rings is 2. The Morgan fingerprint density at radius 3 is 2.82 bits per heavy atom. The Labute approximate surface area is 129 Å². The largest absolute Gasteiger partial charge is 0.496 e. The molecule has 3 rings (SSSR count). The molecule has 0 spiro atoms. The summed E-state index contributed by atoms with van der Waals surface area (Å²) in [5.74, 6) is 0.936. The van der Waals surface area contributed by atoms with Crippen LogP contribution in [0.1, 0.15) is 18.1 Å². The van der Waals surface area contributed by atoms with E-state index < -0.39 is 0 Å². The average molecular weight is 297 g/mol. The van der Waals surface area contributed by atoms with Crippen molar-refractivity contribution in [2.75, 3.05) is 7.11 Å². The summed E-state index contributed by atoms with van der Waals surface area (Å²) in [7, 11) is 1.71. The Morgan fingerprint density at radius 2 is 1.95 bits per heavy atom. The Morgan fingerprint density at radius 1 is 1.14 bits per heavy atom. The number of para-hydroxylation sites is 1. The van der Waals surface area contributed by atoms with Crippen LogP contribution in [0, 0.1) is 0 Å². The van der Waals surface area contributed by atoms with Crippen LogP contribution in [0.3, 0.4) is 0 Å². The van der Waals surface area contributed by atoms with E-state index in [9.17, 15) is 0 Å². The highest BCUT2D eigenvalue weighted by atomic mass is 16.6. The van der Waals surface area contributed by atoms with E-state index in [4.69, 9.17) is 9.37 Å². The third kappa shape index (κ3) is 3.26. The molecule has 0 aliphatic heterocycles. The first-order valence-corrected chi connectivity index (χ1v) is 7.33. The number of ether oxygens (including phenoxy) is 1. The van der Waals surface area contributed by atoms with Crippen molar-refractivity contribution in [1.29, 1.82) is 0 Å².